The number of carbonyl (C=O) groups is 1. The van der Waals surface area contributed by atoms with Gasteiger partial charge in [-0.15, -0.1) is 0 Å². The summed E-state index contributed by atoms with van der Waals surface area (Å²) in [6.07, 6.45) is 0. The Morgan fingerprint density at radius 1 is 1.12 bits per heavy atom. The third-order valence-corrected chi connectivity index (χ3v) is 5.45. The lowest BCUT2D eigenvalue weighted by atomic mass is 10.0. The first-order valence-corrected chi connectivity index (χ1v) is 9.49. The molecule has 0 saturated carbocycles. The summed E-state index contributed by atoms with van der Waals surface area (Å²) in [5, 5.41) is 3.62. The lowest BCUT2D eigenvalue weighted by Crippen LogP contribution is -2.21. The summed E-state index contributed by atoms with van der Waals surface area (Å²) >= 11 is 21.4. The highest BCUT2D eigenvalue weighted by Gasteiger charge is 2.14. The Bertz CT molecular complexity index is 809. The molecule has 0 radical (unpaired) electrons. The van der Waals surface area contributed by atoms with Crippen LogP contribution < -0.4 is 10.1 Å². The van der Waals surface area contributed by atoms with Gasteiger partial charge in [0.1, 0.15) is 5.75 Å². The number of halogens is 4. The fourth-order valence-corrected chi connectivity index (χ4v) is 3.15. The van der Waals surface area contributed by atoms with Crippen molar-refractivity contribution in [1.82, 2.24) is 0 Å². The number of carbonyl (C=O) groups excluding carboxylic acids is 1. The van der Waals surface area contributed by atoms with Crippen molar-refractivity contribution >= 4 is 62.3 Å². The molecule has 0 spiro atoms. The van der Waals surface area contributed by atoms with E-state index in [2.05, 4.69) is 35.1 Å². The van der Waals surface area contributed by atoms with Gasteiger partial charge >= 0.3 is 0 Å². The van der Waals surface area contributed by atoms with E-state index in [-0.39, 0.29) is 18.4 Å². The molecule has 7 heteroatoms. The molecule has 0 atom stereocenters. The second-order valence-corrected chi connectivity index (χ2v) is 7.95. The molecule has 0 fully saturated rings. The predicted octanol–water partition coefficient (Wildman–Crippen LogP) is 6.86. The van der Waals surface area contributed by atoms with Gasteiger partial charge in [-0.05, 0) is 48.2 Å². The summed E-state index contributed by atoms with van der Waals surface area (Å²) in [7, 11) is 0. The van der Waals surface area contributed by atoms with Crippen LogP contribution in [0.25, 0.3) is 0 Å². The summed E-state index contributed by atoms with van der Waals surface area (Å²) in [6, 6.07) is 6.92. The first-order valence-electron chi connectivity index (χ1n) is 7.56. The lowest BCUT2D eigenvalue weighted by molar-refractivity contribution is -0.118. The van der Waals surface area contributed by atoms with Crippen molar-refractivity contribution in [2.75, 3.05) is 11.9 Å². The van der Waals surface area contributed by atoms with Gasteiger partial charge in [0.25, 0.3) is 5.91 Å². The second-order valence-electron chi connectivity index (χ2n) is 5.88. The first kappa shape index (κ1) is 20.4. The lowest BCUT2D eigenvalue weighted by Gasteiger charge is -2.16. The Labute approximate surface area is 170 Å². The number of ether oxygens (including phenoxy) is 1. The highest BCUT2D eigenvalue weighted by Crippen LogP contribution is 2.33. The Kier molecular flexibility index (Phi) is 7.03. The van der Waals surface area contributed by atoms with Crippen LogP contribution in [0.1, 0.15) is 30.9 Å². The van der Waals surface area contributed by atoms with Crippen molar-refractivity contribution in [1.29, 1.82) is 0 Å². The molecule has 0 aliphatic carbocycles. The molecule has 2 aromatic carbocycles. The molecule has 0 unspecified atom stereocenters. The Morgan fingerprint density at radius 3 is 2.40 bits per heavy atom. The SMILES string of the molecule is Cc1cc(OCC(=O)Nc2cc(Cl)c(Cl)cc2Cl)c(C(C)C)cc1Br. The molecular weight excluding hydrogens is 448 g/mol. The molecule has 0 saturated heterocycles. The minimum absolute atomic E-state index is 0.142. The van der Waals surface area contributed by atoms with E-state index in [4.69, 9.17) is 39.5 Å². The minimum atomic E-state index is -0.337. The summed E-state index contributed by atoms with van der Waals surface area (Å²) in [4.78, 5) is 12.2. The van der Waals surface area contributed by atoms with E-state index in [0.717, 1.165) is 15.6 Å². The second kappa shape index (κ2) is 8.63. The van der Waals surface area contributed by atoms with Crippen LogP contribution >= 0.6 is 50.7 Å². The highest BCUT2D eigenvalue weighted by molar-refractivity contribution is 9.10. The standard InChI is InChI=1S/C18H17BrCl3NO2/c1-9(2)11-5-12(19)10(3)4-17(11)25-8-18(24)23-16-7-14(21)13(20)6-15(16)22/h4-7,9H,8H2,1-3H3,(H,23,24). The number of rotatable bonds is 5. The van der Waals surface area contributed by atoms with Gasteiger partial charge in [0, 0.05) is 4.47 Å². The van der Waals surface area contributed by atoms with Gasteiger partial charge in [0.2, 0.25) is 0 Å². The number of amides is 1. The van der Waals surface area contributed by atoms with Gasteiger partial charge in [-0.25, -0.2) is 0 Å². The first-order chi connectivity index (χ1) is 11.7. The number of aryl methyl sites for hydroxylation is 1. The molecule has 0 heterocycles. The minimum Gasteiger partial charge on any atom is -0.483 e. The summed E-state index contributed by atoms with van der Waals surface area (Å²) in [5.41, 5.74) is 2.45. The van der Waals surface area contributed by atoms with E-state index in [1.807, 2.05) is 19.1 Å². The monoisotopic (exact) mass is 463 g/mol. The van der Waals surface area contributed by atoms with Crippen LogP contribution in [-0.2, 0) is 4.79 Å². The number of hydrogen-bond acceptors (Lipinski definition) is 2. The predicted molar refractivity (Wildman–Crippen MR) is 109 cm³/mol. The molecule has 1 N–H and O–H groups in total. The van der Waals surface area contributed by atoms with Crippen LogP contribution in [0.3, 0.4) is 0 Å². The van der Waals surface area contributed by atoms with E-state index >= 15 is 0 Å². The van der Waals surface area contributed by atoms with Gasteiger partial charge in [0.05, 0.1) is 20.8 Å². The summed E-state index contributed by atoms with van der Waals surface area (Å²) in [6.45, 7) is 5.97. The normalized spacial score (nSPS) is 10.9. The zero-order valence-electron chi connectivity index (χ0n) is 13.9. The molecule has 1 amide bonds. The molecule has 0 aliphatic heterocycles. The van der Waals surface area contributed by atoms with Crippen LogP contribution in [0.15, 0.2) is 28.7 Å². The molecule has 3 nitrogen and oxygen atoms in total. The van der Waals surface area contributed by atoms with Gasteiger partial charge in [0.15, 0.2) is 6.61 Å². The van der Waals surface area contributed by atoms with Gasteiger partial charge in [-0.3, -0.25) is 4.79 Å². The fraction of sp³-hybridized carbons (Fsp3) is 0.278. The van der Waals surface area contributed by atoms with E-state index in [9.17, 15) is 4.79 Å². The topological polar surface area (TPSA) is 38.3 Å². The summed E-state index contributed by atoms with van der Waals surface area (Å²) in [5.74, 6) is 0.612. The average Bonchev–Trinajstić information content (AvgIpc) is 2.53. The fourth-order valence-electron chi connectivity index (χ4n) is 2.19. The van der Waals surface area contributed by atoms with Crippen LogP contribution in [-0.4, -0.2) is 12.5 Å². The largest absolute Gasteiger partial charge is 0.483 e. The molecule has 134 valence electrons. The Morgan fingerprint density at radius 2 is 1.76 bits per heavy atom. The van der Waals surface area contributed by atoms with E-state index < -0.39 is 0 Å². The molecule has 2 rings (SSSR count). The maximum absolute atomic E-state index is 12.2. The molecule has 2 aromatic rings. The zero-order valence-corrected chi connectivity index (χ0v) is 17.8. The van der Waals surface area contributed by atoms with Crippen LogP contribution in [0.4, 0.5) is 5.69 Å². The van der Waals surface area contributed by atoms with Crippen LogP contribution in [0.5, 0.6) is 5.75 Å². The zero-order chi connectivity index (χ0) is 18.7. The highest BCUT2D eigenvalue weighted by atomic mass is 79.9. The molecule has 0 aliphatic rings. The number of hydrogen-bond donors (Lipinski definition) is 1. The Hall–Kier alpha value is -0.940. The maximum atomic E-state index is 12.2. The molecule has 0 bridgehead atoms. The molecular formula is C18H17BrCl3NO2. The third kappa shape index (κ3) is 5.27. The van der Waals surface area contributed by atoms with Crippen LogP contribution in [0.2, 0.25) is 15.1 Å². The van der Waals surface area contributed by atoms with Crippen molar-refractivity contribution in [3.63, 3.8) is 0 Å². The number of nitrogens with one attached hydrogen (secondary N) is 1. The maximum Gasteiger partial charge on any atom is 0.262 e. The number of benzene rings is 2. The van der Waals surface area contributed by atoms with Crippen LogP contribution in [0, 0.1) is 6.92 Å². The van der Waals surface area contributed by atoms with E-state index in [1.165, 1.54) is 12.1 Å². The Balaban J connectivity index is 2.10. The smallest absolute Gasteiger partial charge is 0.262 e. The third-order valence-electron chi connectivity index (χ3n) is 3.56. The van der Waals surface area contributed by atoms with Crippen molar-refractivity contribution in [3.05, 3.63) is 54.9 Å². The van der Waals surface area contributed by atoms with Crippen molar-refractivity contribution in [3.8, 4) is 5.75 Å². The van der Waals surface area contributed by atoms with Gasteiger partial charge in [-0.2, -0.15) is 0 Å². The molecule has 0 aromatic heterocycles. The van der Waals surface area contributed by atoms with E-state index in [1.54, 1.807) is 0 Å². The average molecular weight is 466 g/mol. The van der Waals surface area contributed by atoms with Crippen molar-refractivity contribution in [2.45, 2.75) is 26.7 Å². The summed E-state index contributed by atoms with van der Waals surface area (Å²) < 4.78 is 6.74. The van der Waals surface area contributed by atoms with E-state index in [0.29, 0.717) is 26.5 Å². The van der Waals surface area contributed by atoms with Crippen molar-refractivity contribution in [2.24, 2.45) is 0 Å². The molecule has 25 heavy (non-hydrogen) atoms. The number of anilines is 1. The van der Waals surface area contributed by atoms with Gasteiger partial charge in [-0.1, -0.05) is 64.6 Å². The quantitative estimate of drug-likeness (QED) is 0.490. The van der Waals surface area contributed by atoms with Crippen molar-refractivity contribution < 1.29 is 9.53 Å². The van der Waals surface area contributed by atoms with Gasteiger partial charge < -0.3 is 10.1 Å².